The third kappa shape index (κ3) is 4.58. The van der Waals surface area contributed by atoms with Gasteiger partial charge in [-0.05, 0) is 49.7 Å². The van der Waals surface area contributed by atoms with Gasteiger partial charge in [0.2, 0.25) is 0 Å². The molecular formula is C20H22O10. The van der Waals surface area contributed by atoms with Gasteiger partial charge in [0.15, 0.2) is 11.9 Å². The summed E-state index contributed by atoms with van der Waals surface area (Å²) in [5, 5.41) is 0. The molecule has 0 aromatic rings. The maximum atomic E-state index is 12.0. The Kier molecular flexibility index (Phi) is 5.91. The molecular weight excluding hydrogens is 400 g/mol. The molecule has 10 heteroatoms. The number of hydrogen-bond acceptors (Lipinski definition) is 10. The Balaban J connectivity index is 1.73. The highest BCUT2D eigenvalue weighted by molar-refractivity contribution is 5.79. The molecule has 4 rings (SSSR count). The van der Waals surface area contributed by atoms with E-state index in [1.54, 1.807) is 0 Å². The predicted molar refractivity (Wildman–Crippen MR) is 96.1 cm³/mol. The second kappa shape index (κ2) is 8.76. The standard InChI is InChI=1S/C20H22O10/c21-17-25-13-9-8-12(11-6-4-2-1-3-5-7-11)16-15(10-14(13)26-18(22)29-17)27-19(23)30-20(24)28-16/h6,13-15H,1-5,7-10H2/b11-6+,16-12-. The van der Waals surface area contributed by atoms with Crippen LogP contribution in [-0.2, 0) is 28.4 Å². The fraction of sp³-hybridized carbons (Fsp3) is 0.600. The molecule has 2 aliphatic heterocycles. The summed E-state index contributed by atoms with van der Waals surface area (Å²) in [7, 11) is 0. The van der Waals surface area contributed by atoms with E-state index in [9.17, 15) is 19.2 Å². The molecule has 0 radical (unpaired) electrons. The Labute approximate surface area is 172 Å². The van der Waals surface area contributed by atoms with Crippen molar-refractivity contribution in [2.75, 3.05) is 0 Å². The summed E-state index contributed by atoms with van der Waals surface area (Å²) < 4.78 is 29.9. The summed E-state index contributed by atoms with van der Waals surface area (Å²) in [6.07, 6.45) is 1.12. The van der Waals surface area contributed by atoms with Crippen molar-refractivity contribution in [3.05, 3.63) is 23.0 Å². The summed E-state index contributed by atoms with van der Waals surface area (Å²) in [6.45, 7) is 0. The van der Waals surface area contributed by atoms with E-state index < -0.39 is 42.9 Å². The average Bonchev–Trinajstić information content (AvgIpc) is 2.86. The number of ether oxygens (including phenoxy) is 6. The number of allylic oxidation sites excluding steroid dienone is 3. The number of rotatable bonds is 1. The van der Waals surface area contributed by atoms with Crippen LogP contribution in [0, 0.1) is 0 Å². The average molecular weight is 422 g/mol. The van der Waals surface area contributed by atoms with E-state index in [1.807, 2.05) is 0 Å². The molecule has 0 aromatic carbocycles. The molecule has 30 heavy (non-hydrogen) atoms. The lowest BCUT2D eigenvalue weighted by Crippen LogP contribution is -2.38. The first kappa shape index (κ1) is 20.2. The Morgan fingerprint density at radius 3 is 2.23 bits per heavy atom. The first-order valence-electron chi connectivity index (χ1n) is 10.1. The van der Waals surface area contributed by atoms with Crippen molar-refractivity contribution in [1.82, 2.24) is 0 Å². The smallest absolute Gasteiger partial charge is 0.427 e. The molecule has 0 amide bonds. The van der Waals surface area contributed by atoms with Gasteiger partial charge in [-0.2, -0.15) is 0 Å². The Bertz CT molecular complexity index is 810. The number of cyclic esters (lactones) is 4. The van der Waals surface area contributed by atoms with Gasteiger partial charge in [0.05, 0.1) is 0 Å². The summed E-state index contributed by atoms with van der Waals surface area (Å²) in [5.41, 5.74) is 1.73. The molecule has 3 unspecified atom stereocenters. The lowest BCUT2D eigenvalue weighted by atomic mass is 9.86. The molecule has 2 saturated heterocycles. The molecule has 0 spiro atoms. The second-order valence-electron chi connectivity index (χ2n) is 7.52. The Morgan fingerprint density at radius 1 is 0.700 bits per heavy atom. The Hall–Kier alpha value is -3.04. The van der Waals surface area contributed by atoms with E-state index in [0.29, 0.717) is 12.8 Å². The first-order chi connectivity index (χ1) is 14.5. The van der Waals surface area contributed by atoms with Crippen LogP contribution in [0.2, 0.25) is 0 Å². The minimum absolute atomic E-state index is 0.0818. The number of hydrogen-bond donors (Lipinski definition) is 0. The van der Waals surface area contributed by atoms with Gasteiger partial charge in [0.1, 0.15) is 12.2 Å². The van der Waals surface area contributed by atoms with Gasteiger partial charge >= 0.3 is 24.6 Å². The van der Waals surface area contributed by atoms with Crippen molar-refractivity contribution in [1.29, 1.82) is 0 Å². The van der Waals surface area contributed by atoms with Gasteiger partial charge in [0.25, 0.3) is 0 Å². The van der Waals surface area contributed by atoms with Crippen molar-refractivity contribution in [3.8, 4) is 0 Å². The molecule has 0 saturated carbocycles. The zero-order valence-electron chi connectivity index (χ0n) is 16.3. The molecule has 2 heterocycles. The van der Waals surface area contributed by atoms with Gasteiger partial charge in [0, 0.05) is 6.42 Å². The van der Waals surface area contributed by atoms with E-state index in [4.69, 9.17) is 18.9 Å². The van der Waals surface area contributed by atoms with E-state index >= 15 is 0 Å². The number of carbonyl (C=O) groups excluding carboxylic acids is 4. The summed E-state index contributed by atoms with van der Waals surface area (Å²) in [5.74, 6) is 0.170. The third-order valence-corrected chi connectivity index (χ3v) is 5.57. The van der Waals surface area contributed by atoms with E-state index in [2.05, 4.69) is 15.5 Å². The quantitative estimate of drug-likeness (QED) is 0.341. The number of fused-ring (bicyclic) bond motifs is 2. The molecule has 3 atom stereocenters. The minimum atomic E-state index is -1.21. The second-order valence-corrected chi connectivity index (χ2v) is 7.52. The van der Waals surface area contributed by atoms with Crippen molar-refractivity contribution in [2.45, 2.75) is 76.1 Å². The van der Waals surface area contributed by atoms with Crippen LogP contribution in [-0.4, -0.2) is 42.9 Å². The van der Waals surface area contributed by atoms with Crippen LogP contribution in [0.1, 0.15) is 57.8 Å². The van der Waals surface area contributed by atoms with Crippen LogP contribution in [0.25, 0.3) is 0 Å². The fourth-order valence-corrected chi connectivity index (χ4v) is 4.21. The minimum Gasteiger partial charge on any atom is -0.427 e. The van der Waals surface area contributed by atoms with Crippen LogP contribution in [0.5, 0.6) is 0 Å². The normalized spacial score (nSPS) is 34.5. The van der Waals surface area contributed by atoms with Crippen molar-refractivity contribution >= 4 is 24.6 Å². The highest BCUT2D eigenvalue weighted by Gasteiger charge is 2.43. The van der Waals surface area contributed by atoms with Crippen LogP contribution in [0.4, 0.5) is 19.2 Å². The van der Waals surface area contributed by atoms with Crippen LogP contribution >= 0.6 is 0 Å². The zero-order valence-corrected chi connectivity index (χ0v) is 16.3. The lowest BCUT2D eigenvalue weighted by Gasteiger charge is -2.30. The molecule has 0 N–H and O–H groups in total. The van der Waals surface area contributed by atoms with Gasteiger partial charge < -0.3 is 28.4 Å². The Morgan fingerprint density at radius 2 is 1.40 bits per heavy atom. The van der Waals surface area contributed by atoms with Crippen LogP contribution in [0.15, 0.2) is 23.0 Å². The van der Waals surface area contributed by atoms with Crippen LogP contribution < -0.4 is 0 Å². The largest absolute Gasteiger partial charge is 0.523 e. The predicted octanol–water partition coefficient (Wildman–Crippen LogP) is 4.42. The summed E-state index contributed by atoms with van der Waals surface area (Å²) in [4.78, 5) is 47.2. The third-order valence-electron chi connectivity index (χ3n) is 5.57. The van der Waals surface area contributed by atoms with E-state index in [-0.39, 0.29) is 12.2 Å². The fourth-order valence-electron chi connectivity index (χ4n) is 4.21. The molecule has 0 bridgehead atoms. The molecule has 0 aromatic heterocycles. The lowest BCUT2D eigenvalue weighted by molar-refractivity contribution is -0.0234. The zero-order chi connectivity index (χ0) is 21.1. The van der Waals surface area contributed by atoms with E-state index in [0.717, 1.165) is 49.7 Å². The summed E-state index contributed by atoms with van der Waals surface area (Å²) in [6, 6.07) is 0. The number of carbonyl (C=O) groups is 4. The van der Waals surface area contributed by atoms with E-state index in [1.165, 1.54) is 0 Å². The molecule has 2 aliphatic carbocycles. The first-order valence-corrected chi connectivity index (χ1v) is 10.1. The molecule has 162 valence electrons. The monoisotopic (exact) mass is 422 g/mol. The highest BCUT2D eigenvalue weighted by atomic mass is 16.8. The van der Waals surface area contributed by atoms with Gasteiger partial charge in [-0.15, -0.1) is 0 Å². The SMILES string of the molecule is O=C1OC(=O)OC2CC3OC(=O)OC(=O)OC3CCC(/C3=C/CCCCCC3)=C\2O1. The van der Waals surface area contributed by atoms with Gasteiger partial charge in [-0.3, -0.25) is 0 Å². The maximum Gasteiger partial charge on any atom is 0.523 e. The summed E-state index contributed by atoms with van der Waals surface area (Å²) >= 11 is 0. The van der Waals surface area contributed by atoms with Gasteiger partial charge in [-0.1, -0.05) is 18.9 Å². The van der Waals surface area contributed by atoms with Gasteiger partial charge in [-0.25, -0.2) is 19.2 Å². The topological polar surface area (TPSA) is 124 Å². The maximum absolute atomic E-state index is 12.0. The molecule has 4 aliphatic rings. The highest BCUT2D eigenvalue weighted by Crippen LogP contribution is 2.37. The molecule has 10 nitrogen and oxygen atoms in total. The molecule has 2 fully saturated rings. The van der Waals surface area contributed by atoms with Crippen LogP contribution in [0.3, 0.4) is 0 Å². The van der Waals surface area contributed by atoms with Crippen molar-refractivity contribution in [3.63, 3.8) is 0 Å². The van der Waals surface area contributed by atoms with Crippen molar-refractivity contribution in [2.24, 2.45) is 0 Å². The van der Waals surface area contributed by atoms with Crippen molar-refractivity contribution < 1.29 is 47.6 Å².